The van der Waals surface area contributed by atoms with E-state index in [1.807, 2.05) is 0 Å². The number of piperidine rings is 1. The van der Waals surface area contributed by atoms with E-state index in [2.05, 4.69) is 17.6 Å². The minimum atomic E-state index is -0.305. The minimum absolute atomic E-state index is 0. The van der Waals surface area contributed by atoms with Gasteiger partial charge in [0, 0.05) is 6.04 Å². The van der Waals surface area contributed by atoms with Crippen LogP contribution in [0.2, 0.25) is 0 Å². The molecular weight excluding hydrogens is 248 g/mol. The van der Waals surface area contributed by atoms with Crippen molar-refractivity contribution in [2.24, 2.45) is 11.8 Å². The summed E-state index contributed by atoms with van der Waals surface area (Å²) in [7, 11) is 0. The van der Waals surface area contributed by atoms with E-state index in [1.54, 1.807) is 0 Å². The molecule has 2 aliphatic carbocycles. The first-order valence-electron chi connectivity index (χ1n) is 7.23. The van der Waals surface area contributed by atoms with Gasteiger partial charge in [0.1, 0.15) is 0 Å². The first kappa shape index (κ1) is 14.1. The molecule has 0 radical (unpaired) electrons. The van der Waals surface area contributed by atoms with Crippen molar-refractivity contribution >= 4 is 18.3 Å². The standard InChI is InChI=1S/C14H24N2O.ClH/c1-14(6-2-3-7-15-14)13(17)16-12-9-10-4-5-11(12)8-10;/h10-12,15H,2-9H2,1H3,(H,16,17);1H. The van der Waals surface area contributed by atoms with E-state index in [0.29, 0.717) is 6.04 Å². The Kier molecular flexibility index (Phi) is 4.22. The predicted octanol–water partition coefficient (Wildman–Crippen LogP) is 2.25. The third kappa shape index (κ3) is 2.53. The smallest absolute Gasteiger partial charge is 0.240 e. The van der Waals surface area contributed by atoms with Gasteiger partial charge in [-0.3, -0.25) is 4.79 Å². The van der Waals surface area contributed by atoms with E-state index >= 15 is 0 Å². The van der Waals surface area contributed by atoms with Gasteiger partial charge in [-0.05, 0) is 63.8 Å². The molecule has 104 valence electrons. The fraction of sp³-hybridized carbons (Fsp3) is 0.929. The SMILES string of the molecule is CC1(C(=O)NC2CC3CCC2C3)CCCCN1.Cl. The summed E-state index contributed by atoms with van der Waals surface area (Å²) in [6.07, 6.45) is 8.68. The first-order chi connectivity index (χ1) is 8.17. The highest BCUT2D eigenvalue weighted by Gasteiger charge is 2.42. The molecule has 4 unspecified atom stereocenters. The second-order valence-corrected chi connectivity index (χ2v) is 6.47. The number of hydrogen-bond acceptors (Lipinski definition) is 2. The van der Waals surface area contributed by atoms with Crippen molar-refractivity contribution in [3.63, 3.8) is 0 Å². The Labute approximate surface area is 116 Å². The highest BCUT2D eigenvalue weighted by Crippen LogP contribution is 2.44. The lowest BCUT2D eigenvalue weighted by Gasteiger charge is -2.35. The summed E-state index contributed by atoms with van der Waals surface area (Å²) in [4.78, 5) is 12.4. The molecule has 0 aromatic carbocycles. The van der Waals surface area contributed by atoms with Gasteiger partial charge in [-0.15, -0.1) is 12.4 Å². The molecule has 0 aromatic heterocycles. The Balaban J connectivity index is 0.00000120. The highest BCUT2D eigenvalue weighted by molar-refractivity contribution is 5.86. The van der Waals surface area contributed by atoms with Crippen molar-refractivity contribution in [2.75, 3.05) is 6.54 Å². The number of carbonyl (C=O) groups excluding carboxylic acids is 1. The van der Waals surface area contributed by atoms with Crippen LogP contribution in [0.5, 0.6) is 0 Å². The van der Waals surface area contributed by atoms with Gasteiger partial charge in [-0.2, -0.15) is 0 Å². The number of nitrogens with one attached hydrogen (secondary N) is 2. The number of carbonyl (C=O) groups is 1. The van der Waals surface area contributed by atoms with E-state index in [0.717, 1.165) is 24.8 Å². The minimum Gasteiger partial charge on any atom is -0.351 e. The quantitative estimate of drug-likeness (QED) is 0.810. The van der Waals surface area contributed by atoms with Crippen LogP contribution in [-0.2, 0) is 4.79 Å². The van der Waals surface area contributed by atoms with E-state index in [-0.39, 0.29) is 23.9 Å². The summed E-state index contributed by atoms with van der Waals surface area (Å²) in [6, 6.07) is 0.474. The number of halogens is 1. The van der Waals surface area contributed by atoms with Gasteiger partial charge in [0.2, 0.25) is 5.91 Å². The summed E-state index contributed by atoms with van der Waals surface area (Å²) in [5, 5.41) is 6.72. The van der Waals surface area contributed by atoms with Crippen LogP contribution < -0.4 is 10.6 Å². The fourth-order valence-electron chi connectivity index (χ4n) is 4.00. The Bertz CT molecular complexity index is 315. The molecule has 2 N–H and O–H groups in total. The molecule has 0 spiro atoms. The predicted molar refractivity (Wildman–Crippen MR) is 74.9 cm³/mol. The molecule has 3 aliphatic rings. The molecule has 18 heavy (non-hydrogen) atoms. The molecule has 3 nitrogen and oxygen atoms in total. The lowest BCUT2D eigenvalue weighted by Crippen LogP contribution is -2.59. The fourth-order valence-corrected chi connectivity index (χ4v) is 4.00. The van der Waals surface area contributed by atoms with Crippen molar-refractivity contribution in [3.8, 4) is 0 Å². The normalized spacial score (nSPS) is 42.4. The highest BCUT2D eigenvalue weighted by atomic mass is 35.5. The van der Waals surface area contributed by atoms with Crippen molar-refractivity contribution in [3.05, 3.63) is 0 Å². The van der Waals surface area contributed by atoms with Crippen LogP contribution in [0.1, 0.15) is 51.9 Å². The zero-order chi connectivity index (χ0) is 11.9. The number of rotatable bonds is 2. The van der Waals surface area contributed by atoms with E-state index in [1.165, 1.54) is 38.5 Å². The van der Waals surface area contributed by atoms with Crippen LogP contribution in [0.3, 0.4) is 0 Å². The zero-order valence-electron chi connectivity index (χ0n) is 11.2. The van der Waals surface area contributed by atoms with Gasteiger partial charge in [-0.1, -0.05) is 6.42 Å². The molecule has 3 fully saturated rings. The first-order valence-corrected chi connectivity index (χ1v) is 7.23. The van der Waals surface area contributed by atoms with Crippen LogP contribution in [0.4, 0.5) is 0 Å². The molecule has 4 atom stereocenters. The van der Waals surface area contributed by atoms with E-state index < -0.39 is 0 Å². The van der Waals surface area contributed by atoms with Crippen molar-refractivity contribution in [1.29, 1.82) is 0 Å². The molecule has 0 aromatic rings. The van der Waals surface area contributed by atoms with Crippen molar-refractivity contribution in [2.45, 2.75) is 63.5 Å². The third-order valence-electron chi connectivity index (χ3n) is 5.17. The average molecular weight is 273 g/mol. The van der Waals surface area contributed by atoms with E-state index in [4.69, 9.17) is 0 Å². The van der Waals surface area contributed by atoms with Gasteiger partial charge < -0.3 is 10.6 Å². The van der Waals surface area contributed by atoms with Crippen LogP contribution >= 0.6 is 12.4 Å². The molecule has 1 heterocycles. The van der Waals surface area contributed by atoms with Crippen LogP contribution in [0, 0.1) is 11.8 Å². The lowest BCUT2D eigenvalue weighted by atomic mass is 9.88. The van der Waals surface area contributed by atoms with Crippen molar-refractivity contribution < 1.29 is 4.79 Å². The lowest BCUT2D eigenvalue weighted by molar-refractivity contribution is -0.129. The Morgan fingerprint density at radius 3 is 2.67 bits per heavy atom. The Hall–Kier alpha value is -0.280. The number of amides is 1. The molecule has 2 bridgehead atoms. The third-order valence-corrected chi connectivity index (χ3v) is 5.17. The number of hydrogen-bond donors (Lipinski definition) is 2. The average Bonchev–Trinajstić information content (AvgIpc) is 2.92. The second-order valence-electron chi connectivity index (χ2n) is 6.47. The van der Waals surface area contributed by atoms with E-state index in [9.17, 15) is 4.79 Å². The van der Waals surface area contributed by atoms with Crippen molar-refractivity contribution in [1.82, 2.24) is 10.6 Å². The monoisotopic (exact) mass is 272 g/mol. The molecule has 2 saturated carbocycles. The molecule has 1 saturated heterocycles. The Morgan fingerprint density at radius 2 is 2.11 bits per heavy atom. The van der Waals surface area contributed by atoms with Crippen LogP contribution in [0.15, 0.2) is 0 Å². The van der Waals surface area contributed by atoms with Gasteiger partial charge in [0.25, 0.3) is 0 Å². The molecule has 1 aliphatic heterocycles. The Morgan fingerprint density at radius 1 is 1.28 bits per heavy atom. The molecule has 3 rings (SSSR count). The maximum Gasteiger partial charge on any atom is 0.240 e. The zero-order valence-corrected chi connectivity index (χ0v) is 12.0. The summed E-state index contributed by atoms with van der Waals surface area (Å²) in [5.74, 6) is 1.92. The second kappa shape index (κ2) is 5.38. The van der Waals surface area contributed by atoms with Gasteiger partial charge in [0.15, 0.2) is 0 Å². The number of fused-ring (bicyclic) bond motifs is 2. The summed E-state index contributed by atoms with van der Waals surface area (Å²) >= 11 is 0. The van der Waals surface area contributed by atoms with Gasteiger partial charge in [-0.25, -0.2) is 0 Å². The van der Waals surface area contributed by atoms with Crippen LogP contribution in [0.25, 0.3) is 0 Å². The molecule has 1 amide bonds. The summed E-state index contributed by atoms with van der Waals surface area (Å²) < 4.78 is 0. The summed E-state index contributed by atoms with van der Waals surface area (Å²) in [6.45, 7) is 3.05. The molecule has 4 heteroatoms. The van der Waals surface area contributed by atoms with Crippen LogP contribution in [-0.4, -0.2) is 24.0 Å². The topological polar surface area (TPSA) is 41.1 Å². The van der Waals surface area contributed by atoms with Gasteiger partial charge >= 0.3 is 0 Å². The largest absolute Gasteiger partial charge is 0.351 e. The molecular formula is C14H25ClN2O. The van der Waals surface area contributed by atoms with Gasteiger partial charge in [0.05, 0.1) is 5.54 Å². The maximum atomic E-state index is 12.4. The maximum absolute atomic E-state index is 12.4. The summed E-state index contributed by atoms with van der Waals surface area (Å²) in [5.41, 5.74) is -0.305.